The van der Waals surface area contributed by atoms with E-state index in [0.717, 1.165) is 11.3 Å². The van der Waals surface area contributed by atoms with E-state index < -0.39 is 5.54 Å². The first-order valence-corrected chi connectivity index (χ1v) is 6.36. The Morgan fingerprint density at radius 3 is 2.61 bits per heavy atom. The zero-order chi connectivity index (χ0) is 13.4. The third kappa shape index (κ3) is 2.21. The van der Waals surface area contributed by atoms with Crippen LogP contribution in [0.25, 0.3) is 0 Å². The van der Waals surface area contributed by atoms with Crippen LogP contribution in [0.1, 0.15) is 39.7 Å². The molecular formula is C15H20N2O. The molecule has 96 valence electrons. The van der Waals surface area contributed by atoms with Gasteiger partial charge in [0.25, 0.3) is 0 Å². The molecule has 1 unspecified atom stereocenters. The molecular weight excluding hydrogens is 224 g/mol. The zero-order valence-corrected chi connectivity index (χ0v) is 11.4. The zero-order valence-electron chi connectivity index (χ0n) is 11.4. The molecule has 0 fully saturated rings. The minimum atomic E-state index is -0.660. The fourth-order valence-corrected chi connectivity index (χ4v) is 2.73. The molecule has 0 saturated heterocycles. The van der Waals surface area contributed by atoms with Crippen LogP contribution in [0.2, 0.25) is 0 Å². The standard InChI is InChI=1S/C15H20N2O/c1-11(2)17-15(10-16)9-14(3,4)18-13-8-6-5-7-12(13)15/h5-8,11,17H,9H2,1-4H3. The van der Waals surface area contributed by atoms with Crippen LogP contribution in [0.5, 0.6) is 5.75 Å². The molecule has 1 N–H and O–H groups in total. The van der Waals surface area contributed by atoms with Gasteiger partial charge in [0.05, 0.1) is 6.07 Å². The Bertz CT molecular complexity index is 488. The van der Waals surface area contributed by atoms with E-state index in [4.69, 9.17) is 4.74 Å². The fraction of sp³-hybridized carbons (Fsp3) is 0.533. The van der Waals surface area contributed by atoms with E-state index in [1.54, 1.807) is 0 Å². The van der Waals surface area contributed by atoms with E-state index >= 15 is 0 Å². The summed E-state index contributed by atoms with van der Waals surface area (Å²) in [7, 11) is 0. The van der Waals surface area contributed by atoms with E-state index in [9.17, 15) is 5.26 Å². The van der Waals surface area contributed by atoms with Gasteiger partial charge in [0.15, 0.2) is 0 Å². The van der Waals surface area contributed by atoms with Crippen molar-refractivity contribution in [2.45, 2.75) is 51.3 Å². The summed E-state index contributed by atoms with van der Waals surface area (Å²) >= 11 is 0. The van der Waals surface area contributed by atoms with Crippen molar-refractivity contribution in [1.29, 1.82) is 5.26 Å². The summed E-state index contributed by atoms with van der Waals surface area (Å²) in [5.74, 6) is 0.809. The van der Waals surface area contributed by atoms with Crippen molar-refractivity contribution < 1.29 is 4.74 Å². The first-order valence-electron chi connectivity index (χ1n) is 6.36. The number of nitrogens with one attached hydrogen (secondary N) is 1. The number of para-hydroxylation sites is 1. The lowest BCUT2D eigenvalue weighted by Crippen LogP contribution is -2.53. The van der Waals surface area contributed by atoms with Gasteiger partial charge in [-0.25, -0.2) is 0 Å². The Hall–Kier alpha value is -1.53. The molecule has 0 radical (unpaired) electrons. The average molecular weight is 244 g/mol. The number of fused-ring (bicyclic) bond motifs is 1. The lowest BCUT2D eigenvalue weighted by atomic mass is 9.78. The van der Waals surface area contributed by atoms with Crippen molar-refractivity contribution in [1.82, 2.24) is 5.32 Å². The molecule has 1 atom stereocenters. The summed E-state index contributed by atoms with van der Waals surface area (Å²) in [5, 5.41) is 13.1. The quantitative estimate of drug-likeness (QED) is 0.870. The topological polar surface area (TPSA) is 45.0 Å². The number of nitriles is 1. The highest BCUT2D eigenvalue weighted by molar-refractivity contribution is 5.46. The van der Waals surface area contributed by atoms with Crippen molar-refractivity contribution in [3.63, 3.8) is 0 Å². The fourth-order valence-electron chi connectivity index (χ4n) is 2.73. The summed E-state index contributed by atoms with van der Waals surface area (Å²) in [6.45, 7) is 8.17. The second kappa shape index (κ2) is 4.29. The molecule has 1 heterocycles. The van der Waals surface area contributed by atoms with Gasteiger partial charge in [-0.3, -0.25) is 5.32 Å². The summed E-state index contributed by atoms with van der Waals surface area (Å²) in [6, 6.07) is 10.5. The van der Waals surface area contributed by atoms with Crippen molar-refractivity contribution in [2.75, 3.05) is 0 Å². The summed E-state index contributed by atoms with van der Waals surface area (Å²) < 4.78 is 5.97. The Balaban J connectivity index is 2.55. The normalized spacial score (nSPS) is 25.1. The van der Waals surface area contributed by atoms with E-state index in [1.807, 2.05) is 38.1 Å². The predicted molar refractivity (Wildman–Crippen MR) is 71.3 cm³/mol. The van der Waals surface area contributed by atoms with Gasteiger partial charge in [-0.15, -0.1) is 0 Å². The highest BCUT2D eigenvalue weighted by Crippen LogP contribution is 2.43. The second-order valence-electron chi connectivity index (χ2n) is 5.85. The van der Waals surface area contributed by atoms with E-state index in [1.165, 1.54) is 0 Å². The van der Waals surface area contributed by atoms with Gasteiger partial charge < -0.3 is 4.74 Å². The molecule has 3 heteroatoms. The van der Waals surface area contributed by atoms with Crippen LogP contribution in [-0.4, -0.2) is 11.6 Å². The highest BCUT2D eigenvalue weighted by atomic mass is 16.5. The molecule has 18 heavy (non-hydrogen) atoms. The van der Waals surface area contributed by atoms with Crippen molar-refractivity contribution in [3.8, 4) is 11.8 Å². The maximum absolute atomic E-state index is 9.70. The van der Waals surface area contributed by atoms with E-state index in [0.29, 0.717) is 6.42 Å². The molecule has 3 nitrogen and oxygen atoms in total. The highest BCUT2D eigenvalue weighted by Gasteiger charge is 2.45. The minimum Gasteiger partial charge on any atom is -0.487 e. The van der Waals surface area contributed by atoms with Gasteiger partial charge in [0, 0.05) is 18.0 Å². The van der Waals surface area contributed by atoms with Gasteiger partial charge >= 0.3 is 0 Å². The van der Waals surface area contributed by atoms with Crippen LogP contribution in [0, 0.1) is 11.3 Å². The number of benzene rings is 1. The van der Waals surface area contributed by atoms with Crippen LogP contribution >= 0.6 is 0 Å². The predicted octanol–water partition coefficient (Wildman–Crippen LogP) is 2.96. The molecule has 1 aliphatic heterocycles. The Labute approximate surface area is 109 Å². The molecule has 1 aliphatic rings. The number of hydrogen-bond acceptors (Lipinski definition) is 3. The molecule has 0 aromatic heterocycles. The second-order valence-corrected chi connectivity index (χ2v) is 5.85. The lowest BCUT2D eigenvalue weighted by molar-refractivity contribution is 0.0469. The molecule has 0 spiro atoms. The number of ether oxygens (including phenoxy) is 1. The van der Waals surface area contributed by atoms with Crippen LogP contribution < -0.4 is 10.1 Å². The van der Waals surface area contributed by atoms with E-state index in [-0.39, 0.29) is 11.6 Å². The molecule has 0 saturated carbocycles. The molecule has 1 aromatic rings. The summed E-state index contributed by atoms with van der Waals surface area (Å²) in [4.78, 5) is 0. The van der Waals surface area contributed by atoms with Gasteiger partial charge in [0.1, 0.15) is 16.9 Å². The molecule has 0 amide bonds. The van der Waals surface area contributed by atoms with Crippen molar-refractivity contribution >= 4 is 0 Å². The first kappa shape index (κ1) is 12.9. The van der Waals surface area contributed by atoms with Crippen LogP contribution in [0.15, 0.2) is 24.3 Å². The maximum Gasteiger partial charge on any atom is 0.139 e. The molecule has 2 rings (SSSR count). The van der Waals surface area contributed by atoms with Crippen LogP contribution in [0.3, 0.4) is 0 Å². The Kier molecular flexibility index (Phi) is 3.08. The smallest absolute Gasteiger partial charge is 0.139 e. The Morgan fingerprint density at radius 2 is 2.00 bits per heavy atom. The molecule has 0 aliphatic carbocycles. The minimum absolute atomic E-state index is 0.242. The van der Waals surface area contributed by atoms with Crippen LogP contribution in [-0.2, 0) is 5.54 Å². The number of hydrogen-bond donors (Lipinski definition) is 1. The van der Waals surface area contributed by atoms with Gasteiger partial charge in [-0.2, -0.15) is 5.26 Å². The lowest BCUT2D eigenvalue weighted by Gasteiger charge is -2.43. The first-order chi connectivity index (χ1) is 8.38. The van der Waals surface area contributed by atoms with Crippen molar-refractivity contribution in [3.05, 3.63) is 29.8 Å². The molecule has 1 aromatic carbocycles. The number of rotatable bonds is 2. The third-order valence-electron chi connectivity index (χ3n) is 3.15. The van der Waals surface area contributed by atoms with Gasteiger partial charge in [-0.05, 0) is 33.8 Å². The Morgan fingerprint density at radius 1 is 1.33 bits per heavy atom. The van der Waals surface area contributed by atoms with Crippen molar-refractivity contribution in [2.24, 2.45) is 0 Å². The number of nitrogens with zero attached hydrogens (tertiary/aromatic N) is 1. The van der Waals surface area contributed by atoms with Gasteiger partial charge in [0.2, 0.25) is 0 Å². The van der Waals surface area contributed by atoms with Crippen LogP contribution in [0.4, 0.5) is 0 Å². The molecule has 0 bridgehead atoms. The maximum atomic E-state index is 9.70. The largest absolute Gasteiger partial charge is 0.487 e. The monoisotopic (exact) mass is 244 g/mol. The SMILES string of the molecule is CC(C)NC1(C#N)CC(C)(C)Oc2ccccc21. The van der Waals surface area contributed by atoms with E-state index in [2.05, 4.69) is 25.2 Å². The summed E-state index contributed by atoms with van der Waals surface area (Å²) in [6.07, 6.45) is 0.645. The summed E-state index contributed by atoms with van der Waals surface area (Å²) in [5.41, 5.74) is -0.0566. The van der Waals surface area contributed by atoms with Gasteiger partial charge in [-0.1, -0.05) is 18.2 Å². The average Bonchev–Trinajstić information content (AvgIpc) is 2.26. The third-order valence-corrected chi connectivity index (χ3v) is 3.15.